The molecule has 1 heterocycles. The number of benzene rings is 1. The van der Waals surface area contributed by atoms with Crippen LogP contribution in [0.5, 0.6) is 5.88 Å². The molecule has 0 atom stereocenters. The Kier molecular flexibility index (Phi) is 4.52. The molecule has 5 nitrogen and oxygen atoms in total. The van der Waals surface area contributed by atoms with E-state index in [0.717, 1.165) is 12.8 Å². The number of amides is 1. The first-order valence-electron chi connectivity index (χ1n) is 7.33. The van der Waals surface area contributed by atoms with Gasteiger partial charge in [0.25, 0.3) is 11.8 Å². The van der Waals surface area contributed by atoms with Crippen molar-refractivity contribution in [3.63, 3.8) is 0 Å². The maximum atomic E-state index is 13.9. The molecule has 0 N–H and O–H groups in total. The fourth-order valence-corrected chi connectivity index (χ4v) is 2.51. The lowest BCUT2D eigenvalue weighted by Gasteiger charge is -2.23. The second-order valence-electron chi connectivity index (χ2n) is 5.52. The summed E-state index contributed by atoms with van der Waals surface area (Å²) in [6.45, 7) is 1.70. The molecule has 1 amide bonds. The van der Waals surface area contributed by atoms with Crippen LogP contribution in [-0.4, -0.2) is 28.6 Å². The maximum Gasteiger partial charge on any atom is 0.261 e. The van der Waals surface area contributed by atoms with Crippen LogP contribution in [0.25, 0.3) is 0 Å². The van der Waals surface area contributed by atoms with Crippen LogP contribution in [0.3, 0.4) is 0 Å². The predicted molar refractivity (Wildman–Crippen MR) is 81.7 cm³/mol. The number of carbonyl (C=O) groups excluding carboxylic acids is 1. The van der Waals surface area contributed by atoms with Crippen LogP contribution in [0.1, 0.15) is 24.2 Å². The number of aryl methyl sites for hydroxylation is 1. The van der Waals surface area contributed by atoms with Crippen LogP contribution < -0.4 is 4.74 Å². The number of rotatable bonds is 6. The third-order valence-electron chi connectivity index (χ3n) is 3.65. The molecule has 3 rings (SSSR count). The Labute approximate surface area is 138 Å². The van der Waals surface area contributed by atoms with Gasteiger partial charge in [0, 0.05) is 22.7 Å². The van der Waals surface area contributed by atoms with E-state index in [1.165, 1.54) is 6.07 Å². The van der Waals surface area contributed by atoms with E-state index >= 15 is 0 Å². The van der Waals surface area contributed by atoms with Gasteiger partial charge in [-0.15, -0.1) is 0 Å². The van der Waals surface area contributed by atoms with E-state index in [1.807, 2.05) is 0 Å². The molecule has 0 radical (unpaired) electrons. The Hall–Kier alpha value is -2.08. The van der Waals surface area contributed by atoms with Crippen LogP contribution in [-0.2, 0) is 11.3 Å². The van der Waals surface area contributed by atoms with E-state index in [0.29, 0.717) is 16.3 Å². The van der Waals surface area contributed by atoms with Crippen molar-refractivity contribution in [2.45, 2.75) is 32.4 Å². The summed E-state index contributed by atoms with van der Waals surface area (Å²) < 4.78 is 24.1. The molecule has 122 valence electrons. The van der Waals surface area contributed by atoms with E-state index in [-0.39, 0.29) is 31.0 Å². The monoisotopic (exact) mass is 338 g/mol. The maximum absolute atomic E-state index is 13.9. The zero-order chi connectivity index (χ0) is 16.4. The molecule has 1 saturated carbocycles. The minimum Gasteiger partial charge on any atom is -0.465 e. The number of ether oxygens (including phenoxy) is 1. The Balaban J connectivity index is 1.67. The first-order valence-corrected chi connectivity index (χ1v) is 7.71. The molecule has 2 aromatic rings. The molecule has 1 aromatic heterocycles. The molecule has 0 bridgehead atoms. The summed E-state index contributed by atoms with van der Waals surface area (Å²) >= 11 is 6.05. The molecular formula is C16H16ClFN2O3. The zero-order valence-electron chi connectivity index (χ0n) is 12.6. The van der Waals surface area contributed by atoms with Crippen LogP contribution in [0.4, 0.5) is 4.39 Å². The SMILES string of the molecule is Cc1cc(OCC(=O)N(Cc2c(F)cccc2Cl)C2CC2)no1. The van der Waals surface area contributed by atoms with Gasteiger partial charge in [-0.25, -0.2) is 4.39 Å². The smallest absolute Gasteiger partial charge is 0.261 e. The van der Waals surface area contributed by atoms with Crippen molar-refractivity contribution in [2.24, 2.45) is 0 Å². The second kappa shape index (κ2) is 6.58. The number of halogens is 2. The normalized spacial score (nSPS) is 13.9. The lowest BCUT2D eigenvalue weighted by molar-refractivity contribution is -0.134. The van der Waals surface area contributed by atoms with Gasteiger partial charge in [-0.1, -0.05) is 17.7 Å². The van der Waals surface area contributed by atoms with E-state index in [2.05, 4.69) is 5.16 Å². The highest BCUT2D eigenvalue weighted by atomic mass is 35.5. The largest absolute Gasteiger partial charge is 0.465 e. The molecular weight excluding hydrogens is 323 g/mol. The summed E-state index contributed by atoms with van der Waals surface area (Å²) in [4.78, 5) is 14.0. The summed E-state index contributed by atoms with van der Waals surface area (Å²) in [5, 5.41) is 3.99. The second-order valence-corrected chi connectivity index (χ2v) is 5.92. The quantitative estimate of drug-likeness (QED) is 0.810. The van der Waals surface area contributed by atoms with Gasteiger partial charge in [0.15, 0.2) is 6.61 Å². The third-order valence-corrected chi connectivity index (χ3v) is 4.00. The van der Waals surface area contributed by atoms with Crippen molar-refractivity contribution in [1.82, 2.24) is 10.1 Å². The number of hydrogen-bond acceptors (Lipinski definition) is 4. The van der Waals surface area contributed by atoms with Crippen molar-refractivity contribution in [3.8, 4) is 5.88 Å². The molecule has 0 spiro atoms. The van der Waals surface area contributed by atoms with Gasteiger partial charge in [-0.05, 0) is 37.1 Å². The van der Waals surface area contributed by atoms with Crippen molar-refractivity contribution in [1.29, 1.82) is 0 Å². The topological polar surface area (TPSA) is 55.6 Å². The molecule has 23 heavy (non-hydrogen) atoms. The Morgan fingerprint density at radius 3 is 2.91 bits per heavy atom. The zero-order valence-corrected chi connectivity index (χ0v) is 13.3. The number of nitrogens with zero attached hydrogens (tertiary/aromatic N) is 2. The van der Waals surface area contributed by atoms with Gasteiger partial charge < -0.3 is 14.2 Å². The Morgan fingerprint density at radius 2 is 2.30 bits per heavy atom. The van der Waals surface area contributed by atoms with Crippen molar-refractivity contribution in [3.05, 3.63) is 46.4 Å². The highest BCUT2D eigenvalue weighted by Crippen LogP contribution is 2.30. The molecule has 1 fully saturated rings. The first kappa shape index (κ1) is 15.8. The molecule has 0 aliphatic heterocycles. The van der Waals surface area contributed by atoms with Gasteiger partial charge in [-0.3, -0.25) is 4.79 Å². The summed E-state index contributed by atoms with van der Waals surface area (Å²) in [6.07, 6.45) is 1.81. The van der Waals surface area contributed by atoms with Crippen molar-refractivity contribution < 1.29 is 18.4 Å². The fourth-order valence-electron chi connectivity index (χ4n) is 2.29. The third kappa shape index (κ3) is 3.82. The minimum absolute atomic E-state index is 0.112. The molecule has 0 saturated heterocycles. The lowest BCUT2D eigenvalue weighted by Crippen LogP contribution is -2.36. The average molecular weight is 339 g/mol. The number of aromatic nitrogens is 1. The van der Waals surface area contributed by atoms with E-state index in [1.54, 1.807) is 30.0 Å². The molecule has 1 aliphatic rings. The minimum atomic E-state index is -0.413. The number of hydrogen-bond donors (Lipinski definition) is 0. The van der Waals surface area contributed by atoms with Gasteiger partial charge in [-0.2, -0.15) is 0 Å². The molecule has 0 unspecified atom stereocenters. The molecule has 1 aliphatic carbocycles. The number of carbonyl (C=O) groups is 1. The first-order chi connectivity index (χ1) is 11.0. The summed E-state index contributed by atoms with van der Waals surface area (Å²) in [6, 6.07) is 6.21. The summed E-state index contributed by atoms with van der Waals surface area (Å²) in [5.41, 5.74) is 0.326. The van der Waals surface area contributed by atoms with Crippen LogP contribution in [0, 0.1) is 12.7 Å². The van der Waals surface area contributed by atoms with Crippen LogP contribution in [0.2, 0.25) is 5.02 Å². The van der Waals surface area contributed by atoms with Gasteiger partial charge in [0.1, 0.15) is 11.6 Å². The lowest BCUT2D eigenvalue weighted by atomic mass is 10.2. The van der Waals surface area contributed by atoms with E-state index < -0.39 is 5.82 Å². The predicted octanol–water partition coefficient (Wildman–Crippen LogP) is 3.35. The van der Waals surface area contributed by atoms with Gasteiger partial charge >= 0.3 is 0 Å². The van der Waals surface area contributed by atoms with Crippen LogP contribution >= 0.6 is 11.6 Å². The van der Waals surface area contributed by atoms with Crippen LogP contribution in [0.15, 0.2) is 28.8 Å². The van der Waals surface area contributed by atoms with Crippen molar-refractivity contribution >= 4 is 17.5 Å². The van der Waals surface area contributed by atoms with E-state index in [4.69, 9.17) is 20.9 Å². The van der Waals surface area contributed by atoms with Gasteiger partial charge in [0.05, 0.1) is 6.54 Å². The molecule has 7 heteroatoms. The summed E-state index contributed by atoms with van der Waals surface area (Å²) in [7, 11) is 0. The van der Waals surface area contributed by atoms with Crippen molar-refractivity contribution in [2.75, 3.05) is 6.61 Å². The Bertz CT molecular complexity index is 695. The highest BCUT2D eigenvalue weighted by Gasteiger charge is 2.33. The van der Waals surface area contributed by atoms with E-state index in [9.17, 15) is 9.18 Å². The highest BCUT2D eigenvalue weighted by molar-refractivity contribution is 6.31. The summed E-state index contributed by atoms with van der Waals surface area (Å²) in [5.74, 6) is 0.219. The standard InChI is InChI=1S/C16H16ClFN2O3/c1-10-7-15(19-23-10)22-9-16(21)20(11-5-6-11)8-12-13(17)3-2-4-14(12)18/h2-4,7,11H,5-6,8-9H2,1H3. The fraction of sp³-hybridized carbons (Fsp3) is 0.375. The Morgan fingerprint density at radius 1 is 1.52 bits per heavy atom. The molecule has 1 aromatic carbocycles. The van der Waals surface area contributed by atoms with Gasteiger partial charge in [0.2, 0.25) is 0 Å². The average Bonchev–Trinajstić information content (AvgIpc) is 3.26.